The maximum atomic E-state index is 13.1. The minimum absolute atomic E-state index is 0.195. The lowest BCUT2D eigenvalue weighted by atomic mass is 10.1. The highest BCUT2D eigenvalue weighted by atomic mass is 19.1. The molecule has 1 aliphatic rings. The van der Waals surface area contributed by atoms with Gasteiger partial charge in [0.05, 0.1) is 5.52 Å². The molecular weight excluding hydrogens is 401 g/mol. The van der Waals surface area contributed by atoms with E-state index in [1.54, 1.807) is 22.8 Å². The van der Waals surface area contributed by atoms with Crippen molar-refractivity contribution in [2.45, 2.75) is 13.0 Å². The number of halogens is 1. The Bertz CT molecular complexity index is 1120. The zero-order chi connectivity index (χ0) is 22.0. The summed E-state index contributed by atoms with van der Waals surface area (Å²) in [5.74, 6) is -1.24. The van der Waals surface area contributed by atoms with Crippen LogP contribution in [0.4, 0.5) is 4.39 Å². The van der Waals surface area contributed by atoms with E-state index in [1.807, 2.05) is 18.2 Å². The first kappa shape index (κ1) is 20.5. The molecule has 0 aliphatic carbocycles. The van der Waals surface area contributed by atoms with E-state index in [9.17, 15) is 18.8 Å². The summed E-state index contributed by atoms with van der Waals surface area (Å²) in [6.45, 7) is 3.08. The molecule has 2 heterocycles. The Morgan fingerprint density at radius 3 is 2.35 bits per heavy atom. The number of H-pyrrole nitrogens is 1. The van der Waals surface area contributed by atoms with Crippen molar-refractivity contribution in [2.75, 3.05) is 26.2 Å². The monoisotopic (exact) mass is 423 g/mol. The van der Waals surface area contributed by atoms with Crippen LogP contribution >= 0.6 is 0 Å². The van der Waals surface area contributed by atoms with Crippen molar-refractivity contribution in [3.8, 4) is 0 Å². The molecule has 0 radical (unpaired) electrons. The molecule has 0 saturated carbocycles. The highest BCUT2D eigenvalue weighted by Crippen LogP contribution is 2.15. The van der Waals surface area contributed by atoms with Gasteiger partial charge in [0.15, 0.2) is 5.69 Å². The number of hydrogen-bond acceptors (Lipinski definition) is 4. The summed E-state index contributed by atoms with van der Waals surface area (Å²) in [5, 5.41) is 10.3. The number of amides is 3. The van der Waals surface area contributed by atoms with Crippen LogP contribution in [-0.2, 0) is 4.79 Å². The van der Waals surface area contributed by atoms with Gasteiger partial charge in [0, 0.05) is 37.1 Å². The molecule has 0 bridgehead atoms. The van der Waals surface area contributed by atoms with Crippen LogP contribution in [-0.4, -0.2) is 69.9 Å². The van der Waals surface area contributed by atoms with Crippen molar-refractivity contribution in [3.63, 3.8) is 0 Å². The maximum absolute atomic E-state index is 13.1. The first-order valence-corrected chi connectivity index (χ1v) is 10.0. The van der Waals surface area contributed by atoms with Gasteiger partial charge in [0.25, 0.3) is 11.8 Å². The first-order chi connectivity index (χ1) is 14.9. The normalized spacial score (nSPS) is 15.0. The Kier molecular flexibility index (Phi) is 5.66. The number of carbonyl (C=O) groups is 3. The zero-order valence-electron chi connectivity index (χ0n) is 17.0. The molecule has 1 fully saturated rings. The maximum Gasteiger partial charge on any atom is 0.273 e. The van der Waals surface area contributed by atoms with E-state index < -0.39 is 17.8 Å². The number of fused-ring (bicyclic) bond motifs is 1. The molecule has 1 unspecified atom stereocenters. The Morgan fingerprint density at radius 2 is 1.65 bits per heavy atom. The summed E-state index contributed by atoms with van der Waals surface area (Å²) in [6.07, 6.45) is 0. The Balaban J connectivity index is 1.33. The number of aromatic amines is 1. The predicted octanol–water partition coefficient (Wildman–Crippen LogP) is 1.80. The summed E-state index contributed by atoms with van der Waals surface area (Å²) in [7, 11) is 0. The van der Waals surface area contributed by atoms with E-state index >= 15 is 0 Å². The van der Waals surface area contributed by atoms with E-state index in [2.05, 4.69) is 15.5 Å². The molecule has 3 aromatic rings. The molecule has 9 heteroatoms. The third-order valence-corrected chi connectivity index (χ3v) is 5.37. The second-order valence-corrected chi connectivity index (χ2v) is 7.44. The Labute approximate surface area is 178 Å². The lowest BCUT2D eigenvalue weighted by Crippen LogP contribution is -2.55. The largest absolute Gasteiger partial charge is 0.339 e. The average molecular weight is 423 g/mol. The predicted molar refractivity (Wildman–Crippen MR) is 112 cm³/mol. The van der Waals surface area contributed by atoms with Crippen LogP contribution in [0.2, 0.25) is 0 Å². The van der Waals surface area contributed by atoms with E-state index in [0.717, 1.165) is 5.52 Å². The topological polar surface area (TPSA) is 98.4 Å². The molecule has 4 rings (SSSR count). The molecule has 2 N–H and O–H groups in total. The molecule has 160 valence electrons. The average Bonchev–Trinajstić information content (AvgIpc) is 3.23. The van der Waals surface area contributed by atoms with Crippen LogP contribution in [0.3, 0.4) is 0 Å². The molecule has 1 atom stereocenters. The number of piperazine rings is 1. The van der Waals surface area contributed by atoms with Gasteiger partial charge in [0.1, 0.15) is 11.9 Å². The number of hydrogen-bond donors (Lipinski definition) is 2. The second kappa shape index (κ2) is 8.55. The van der Waals surface area contributed by atoms with Crippen molar-refractivity contribution in [1.29, 1.82) is 0 Å². The van der Waals surface area contributed by atoms with Crippen LogP contribution in [0, 0.1) is 5.82 Å². The SMILES string of the molecule is CC(NC(=O)c1n[nH]c2ccccc12)C(=O)N1CCN(C(=O)c2ccc(F)cc2)CC1. The number of nitrogens with zero attached hydrogens (tertiary/aromatic N) is 3. The van der Waals surface area contributed by atoms with Crippen molar-refractivity contribution in [3.05, 3.63) is 65.6 Å². The molecule has 2 aromatic carbocycles. The lowest BCUT2D eigenvalue weighted by molar-refractivity contribution is -0.134. The fraction of sp³-hybridized carbons (Fsp3) is 0.273. The van der Waals surface area contributed by atoms with Gasteiger partial charge in [-0.3, -0.25) is 19.5 Å². The van der Waals surface area contributed by atoms with Gasteiger partial charge in [0.2, 0.25) is 5.91 Å². The second-order valence-electron chi connectivity index (χ2n) is 7.44. The summed E-state index contributed by atoms with van der Waals surface area (Å²) in [4.78, 5) is 41.2. The van der Waals surface area contributed by atoms with Crippen molar-refractivity contribution in [1.82, 2.24) is 25.3 Å². The molecule has 3 amide bonds. The number of aromatic nitrogens is 2. The standard InChI is InChI=1S/C22H22FN5O3/c1-14(24-20(29)19-17-4-2-3-5-18(17)25-26-19)21(30)27-10-12-28(13-11-27)22(31)15-6-8-16(23)9-7-15/h2-9,14H,10-13H2,1H3,(H,24,29)(H,25,26). The quantitative estimate of drug-likeness (QED) is 0.669. The van der Waals surface area contributed by atoms with Crippen LogP contribution in [0.25, 0.3) is 10.9 Å². The van der Waals surface area contributed by atoms with E-state index in [0.29, 0.717) is 37.1 Å². The van der Waals surface area contributed by atoms with Crippen LogP contribution in [0.15, 0.2) is 48.5 Å². The van der Waals surface area contributed by atoms with Gasteiger partial charge in [-0.25, -0.2) is 4.39 Å². The summed E-state index contributed by atoms with van der Waals surface area (Å²) < 4.78 is 13.1. The zero-order valence-corrected chi connectivity index (χ0v) is 17.0. The van der Waals surface area contributed by atoms with Crippen molar-refractivity contribution >= 4 is 28.6 Å². The number of nitrogens with one attached hydrogen (secondary N) is 2. The summed E-state index contributed by atoms with van der Waals surface area (Å²) in [5.41, 5.74) is 1.39. The molecular formula is C22H22FN5O3. The summed E-state index contributed by atoms with van der Waals surface area (Å²) >= 11 is 0. The first-order valence-electron chi connectivity index (χ1n) is 10.0. The minimum Gasteiger partial charge on any atom is -0.339 e. The molecule has 31 heavy (non-hydrogen) atoms. The van der Waals surface area contributed by atoms with Crippen molar-refractivity contribution < 1.29 is 18.8 Å². The summed E-state index contributed by atoms with van der Waals surface area (Å²) in [6, 6.07) is 11.9. The van der Waals surface area contributed by atoms with Crippen molar-refractivity contribution in [2.24, 2.45) is 0 Å². The van der Waals surface area contributed by atoms with Gasteiger partial charge in [-0.05, 0) is 37.3 Å². The molecule has 8 nitrogen and oxygen atoms in total. The third kappa shape index (κ3) is 4.25. The fourth-order valence-electron chi connectivity index (χ4n) is 3.64. The molecule has 1 saturated heterocycles. The number of benzene rings is 2. The lowest BCUT2D eigenvalue weighted by Gasteiger charge is -2.36. The highest BCUT2D eigenvalue weighted by Gasteiger charge is 2.29. The van der Waals surface area contributed by atoms with Gasteiger partial charge in [-0.1, -0.05) is 18.2 Å². The van der Waals surface area contributed by atoms with Crippen LogP contribution in [0.1, 0.15) is 27.8 Å². The molecule has 1 aliphatic heterocycles. The van der Waals surface area contributed by atoms with Gasteiger partial charge in [-0.2, -0.15) is 5.10 Å². The Hall–Kier alpha value is -3.75. The molecule has 1 aromatic heterocycles. The smallest absolute Gasteiger partial charge is 0.273 e. The minimum atomic E-state index is -0.734. The van der Waals surface area contributed by atoms with Crippen LogP contribution < -0.4 is 5.32 Å². The number of para-hydroxylation sites is 1. The fourth-order valence-corrected chi connectivity index (χ4v) is 3.64. The van der Waals surface area contributed by atoms with Gasteiger partial charge in [-0.15, -0.1) is 0 Å². The third-order valence-electron chi connectivity index (χ3n) is 5.37. The van der Waals surface area contributed by atoms with Gasteiger partial charge >= 0.3 is 0 Å². The Morgan fingerprint density at radius 1 is 1.00 bits per heavy atom. The highest BCUT2D eigenvalue weighted by molar-refractivity contribution is 6.06. The molecule has 0 spiro atoms. The van der Waals surface area contributed by atoms with E-state index in [-0.39, 0.29) is 17.5 Å². The number of rotatable bonds is 4. The van der Waals surface area contributed by atoms with Gasteiger partial charge < -0.3 is 15.1 Å². The van der Waals surface area contributed by atoms with E-state index in [1.165, 1.54) is 24.3 Å². The van der Waals surface area contributed by atoms with Crippen LogP contribution in [0.5, 0.6) is 0 Å². The number of carbonyl (C=O) groups excluding carboxylic acids is 3. The van der Waals surface area contributed by atoms with E-state index in [4.69, 9.17) is 0 Å².